The molecule has 1 fully saturated rings. The van der Waals surface area contributed by atoms with Crippen LogP contribution in [0, 0.1) is 0 Å². The van der Waals surface area contributed by atoms with Gasteiger partial charge in [0.05, 0.1) is 26.7 Å². The number of benzene rings is 1. The van der Waals surface area contributed by atoms with Gasteiger partial charge in [-0.3, -0.25) is 19.9 Å². The molecule has 4 N–H and O–H groups in total. The zero-order chi connectivity index (χ0) is 17.7. The van der Waals surface area contributed by atoms with E-state index < -0.39 is 11.9 Å². The molecule has 0 aliphatic carbocycles. The van der Waals surface area contributed by atoms with E-state index in [0.29, 0.717) is 36.2 Å². The first-order chi connectivity index (χ1) is 11.5. The van der Waals surface area contributed by atoms with Crippen LogP contribution in [0.4, 0.5) is 0 Å². The number of ether oxygens (including phenoxy) is 2. The zero-order valence-electron chi connectivity index (χ0n) is 13.6. The molecule has 2 rings (SSSR count). The van der Waals surface area contributed by atoms with Crippen LogP contribution in [0.25, 0.3) is 0 Å². The summed E-state index contributed by atoms with van der Waals surface area (Å²) < 4.78 is 10.5. The molecule has 1 saturated heterocycles. The number of hydrogen-bond acceptors (Lipinski definition) is 6. The standard InChI is InChI=1S/C15H21ClN4O4/c1-23-12-5-9(10(16)6-13(12)24-2)8-20-4-3-18-15(22)11(20)7-14(21)19-17/h5-6,11H,3-4,7-8,17H2,1-2H3,(H,18,22)(H,19,21). The van der Waals surface area contributed by atoms with E-state index in [4.69, 9.17) is 26.9 Å². The Hall–Kier alpha value is -2.03. The van der Waals surface area contributed by atoms with Crippen molar-refractivity contribution in [2.75, 3.05) is 27.3 Å². The first-order valence-corrected chi connectivity index (χ1v) is 7.79. The Labute approximate surface area is 145 Å². The van der Waals surface area contributed by atoms with E-state index in [9.17, 15) is 9.59 Å². The minimum Gasteiger partial charge on any atom is -0.493 e. The molecule has 24 heavy (non-hydrogen) atoms. The second kappa shape index (κ2) is 8.18. The van der Waals surface area contributed by atoms with Crippen molar-refractivity contribution in [3.8, 4) is 11.5 Å². The zero-order valence-corrected chi connectivity index (χ0v) is 14.4. The van der Waals surface area contributed by atoms with Crippen molar-refractivity contribution >= 4 is 23.4 Å². The number of halogens is 1. The maximum atomic E-state index is 12.1. The van der Waals surface area contributed by atoms with Crippen LogP contribution in [0.5, 0.6) is 11.5 Å². The van der Waals surface area contributed by atoms with E-state index in [2.05, 4.69) is 10.7 Å². The van der Waals surface area contributed by atoms with Crippen LogP contribution in [0.3, 0.4) is 0 Å². The molecule has 1 unspecified atom stereocenters. The van der Waals surface area contributed by atoms with Gasteiger partial charge in [0, 0.05) is 30.7 Å². The minimum absolute atomic E-state index is 0.0206. The maximum Gasteiger partial charge on any atom is 0.237 e. The number of amides is 2. The van der Waals surface area contributed by atoms with Gasteiger partial charge in [0.15, 0.2) is 11.5 Å². The monoisotopic (exact) mass is 356 g/mol. The highest BCUT2D eigenvalue weighted by molar-refractivity contribution is 6.31. The number of carbonyl (C=O) groups excluding carboxylic acids is 2. The molecule has 1 atom stereocenters. The number of hydrazine groups is 1. The quantitative estimate of drug-likeness (QED) is 0.377. The minimum atomic E-state index is -0.605. The lowest BCUT2D eigenvalue weighted by Gasteiger charge is -2.34. The SMILES string of the molecule is COc1cc(Cl)c(CN2CCNC(=O)C2CC(=O)NN)cc1OC. The smallest absolute Gasteiger partial charge is 0.237 e. The molecule has 0 aromatic heterocycles. The average molecular weight is 357 g/mol. The van der Waals surface area contributed by atoms with Crippen molar-refractivity contribution in [2.45, 2.75) is 19.0 Å². The summed E-state index contributed by atoms with van der Waals surface area (Å²) in [5.74, 6) is 5.60. The fraction of sp³-hybridized carbons (Fsp3) is 0.467. The van der Waals surface area contributed by atoms with Gasteiger partial charge in [-0.15, -0.1) is 0 Å². The van der Waals surface area contributed by atoms with Crippen LogP contribution >= 0.6 is 11.6 Å². The van der Waals surface area contributed by atoms with Crippen LogP contribution in [0.2, 0.25) is 5.02 Å². The Kier molecular flexibility index (Phi) is 6.24. The van der Waals surface area contributed by atoms with E-state index in [1.165, 1.54) is 14.2 Å². The van der Waals surface area contributed by atoms with E-state index in [1.54, 1.807) is 12.1 Å². The van der Waals surface area contributed by atoms with Gasteiger partial charge in [0.2, 0.25) is 11.8 Å². The molecule has 0 saturated carbocycles. The third kappa shape index (κ3) is 4.08. The molecule has 8 nitrogen and oxygen atoms in total. The van der Waals surface area contributed by atoms with E-state index >= 15 is 0 Å². The lowest BCUT2D eigenvalue weighted by molar-refractivity contribution is -0.134. The topological polar surface area (TPSA) is 106 Å². The summed E-state index contributed by atoms with van der Waals surface area (Å²) in [4.78, 5) is 25.6. The van der Waals surface area contributed by atoms with E-state index in [0.717, 1.165) is 5.56 Å². The van der Waals surface area contributed by atoms with Crippen LogP contribution in [-0.4, -0.2) is 50.1 Å². The van der Waals surface area contributed by atoms with Crippen molar-refractivity contribution in [3.63, 3.8) is 0 Å². The molecular formula is C15H21ClN4O4. The average Bonchev–Trinajstić information content (AvgIpc) is 2.58. The Morgan fingerprint density at radius 2 is 2.08 bits per heavy atom. The number of piperazine rings is 1. The lowest BCUT2D eigenvalue weighted by atomic mass is 10.1. The summed E-state index contributed by atoms with van der Waals surface area (Å²) in [7, 11) is 3.07. The second-order valence-electron chi connectivity index (χ2n) is 5.35. The summed E-state index contributed by atoms with van der Waals surface area (Å²) >= 11 is 6.31. The fourth-order valence-corrected chi connectivity index (χ4v) is 2.86. The molecule has 1 aliphatic heterocycles. The number of nitrogens with zero attached hydrogens (tertiary/aromatic N) is 1. The summed E-state index contributed by atoms with van der Waals surface area (Å²) in [6, 6.07) is 2.83. The fourth-order valence-electron chi connectivity index (χ4n) is 2.64. The van der Waals surface area contributed by atoms with Crippen molar-refractivity contribution in [1.82, 2.24) is 15.6 Å². The molecule has 132 valence electrons. The van der Waals surface area contributed by atoms with E-state index in [-0.39, 0.29) is 12.3 Å². The molecule has 1 heterocycles. The van der Waals surface area contributed by atoms with Gasteiger partial charge >= 0.3 is 0 Å². The molecular weight excluding hydrogens is 336 g/mol. The molecule has 9 heteroatoms. The van der Waals surface area contributed by atoms with Crippen molar-refractivity contribution in [3.05, 3.63) is 22.7 Å². The molecule has 1 aromatic rings. The first kappa shape index (κ1) is 18.3. The van der Waals surface area contributed by atoms with Crippen molar-refractivity contribution in [1.29, 1.82) is 0 Å². The van der Waals surface area contributed by atoms with Crippen molar-refractivity contribution < 1.29 is 19.1 Å². The molecule has 0 spiro atoms. The van der Waals surface area contributed by atoms with Gasteiger partial charge in [-0.1, -0.05) is 11.6 Å². The second-order valence-corrected chi connectivity index (χ2v) is 5.75. The summed E-state index contributed by atoms with van der Waals surface area (Å²) in [6.07, 6.45) is -0.0206. The van der Waals surface area contributed by atoms with Gasteiger partial charge in [0.1, 0.15) is 0 Å². The molecule has 2 amide bonds. The number of methoxy groups -OCH3 is 2. The van der Waals surface area contributed by atoms with Crippen LogP contribution in [0.15, 0.2) is 12.1 Å². The number of rotatable bonds is 6. The van der Waals surface area contributed by atoms with Crippen LogP contribution in [0.1, 0.15) is 12.0 Å². The Morgan fingerprint density at radius 3 is 2.71 bits per heavy atom. The largest absolute Gasteiger partial charge is 0.493 e. The maximum absolute atomic E-state index is 12.1. The van der Waals surface area contributed by atoms with Crippen LogP contribution < -0.4 is 26.1 Å². The Balaban J connectivity index is 2.23. The molecule has 1 aliphatic rings. The van der Waals surface area contributed by atoms with Gasteiger partial charge in [-0.25, -0.2) is 5.84 Å². The van der Waals surface area contributed by atoms with Gasteiger partial charge in [0.25, 0.3) is 0 Å². The number of nitrogens with one attached hydrogen (secondary N) is 2. The van der Waals surface area contributed by atoms with E-state index in [1.807, 2.05) is 4.90 Å². The highest BCUT2D eigenvalue weighted by Crippen LogP contribution is 2.34. The summed E-state index contributed by atoms with van der Waals surface area (Å²) in [5, 5.41) is 3.25. The lowest BCUT2D eigenvalue weighted by Crippen LogP contribution is -2.56. The normalized spacial score (nSPS) is 18.0. The molecule has 0 radical (unpaired) electrons. The third-order valence-electron chi connectivity index (χ3n) is 3.91. The molecule has 0 bridgehead atoms. The molecule has 1 aromatic carbocycles. The first-order valence-electron chi connectivity index (χ1n) is 7.41. The number of hydrogen-bond donors (Lipinski definition) is 3. The van der Waals surface area contributed by atoms with Gasteiger partial charge in [-0.2, -0.15) is 0 Å². The number of carbonyl (C=O) groups is 2. The predicted molar refractivity (Wildman–Crippen MR) is 88.7 cm³/mol. The predicted octanol–water partition coefficient (Wildman–Crippen LogP) is 0.0376. The van der Waals surface area contributed by atoms with Crippen molar-refractivity contribution in [2.24, 2.45) is 5.84 Å². The highest BCUT2D eigenvalue weighted by Gasteiger charge is 2.32. The Bertz CT molecular complexity index is 626. The van der Waals surface area contributed by atoms with Gasteiger partial charge < -0.3 is 14.8 Å². The third-order valence-corrected chi connectivity index (χ3v) is 4.26. The van der Waals surface area contributed by atoms with Crippen LogP contribution in [-0.2, 0) is 16.1 Å². The number of nitrogens with two attached hydrogens (primary N) is 1. The Morgan fingerprint density at radius 1 is 1.42 bits per heavy atom. The highest BCUT2D eigenvalue weighted by atomic mass is 35.5. The summed E-state index contributed by atoms with van der Waals surface area (Å²) in [5.41, 5.74) is 2.83. The summed E-state index contributed by atoms with van der Waals surface area (Å²) in [6.45, 7) is 1.50. The van der Waals surface area contributed by atoms with Gasteiger partial charge in [-0.05, 0) is 11.6 Å².